The van der Waals surface area contributed by atoms with Crippen molar-refractivity contribution in [2.75, 3.05) is 36.4 Å². The van der Waals surface area contributed by atoms with Crippen LogP contribution in [0.15, 0.2) is 54.6 Å². The Hall–Kier alpha value is -3.44. The molecule has 1 saturated heterocycles. The van der Waals surface area contributed by atoms with E-state index in [-0.39, 0.29) is 6.03 Å². The molecule has 0 unspecified atom stereocenters. The van der Waals surface area contributed by atoms with Crippen molar-refractivity contribution in [3.8, 4) is 17.5 Å². The molecule has 1 fully saturated rings. The number of hydrogen-bond donors (Lipinski definition) is 1. The van der Waals surface area contributed by atoms with Crippen molar-refractivity contribution in [3.63, 3.8) is 0 Å². The topological polar surface area (TPSA) is 85.2 Å². The van der Waals surface area contributed by atoms with Gasteiger partial charge in [-0.1, -0.05) is 36.4 Å². The Bertz CT molecular complexity index is 1000. The lowest BCUT2D eigenvalue weighted by Crippen LogP contribution is -2.50. The number of benzene rings is 2. The van der Waals surface area contributed by atoms with Crippen LogP contribution in [0, 0.1) is 11.3 Å². The molecule has 8 heteroatoms. The fraction of sp³-hybridized carbons (Fsp3) is 0.200. The molecule has 3 aromatic rings. The maximum Gasteiger partial charge on any atom is 0.321 e. The van der Waals surface area contributed by atoms with Gasteiger partial charge in [0.25, 0.3) is 0 Å². The van der Waals surface area contributed by atoms with Gasteiger partial charge in [-0.3, -0.25) is 0 Å². The molecule has 7 nitrogen and oxygen atoms in total. The van der Waals surface area contributed by atoms with Gasteiger partial charge in [-0.25, -0.2) is 4.79 Å². The summed E-state index contributed by atoms with van der Waals surface area (Å²) in [6.07, 6.45) is 0. The van der Waals surface area contributed by atoms with Crippen molar-refractivity contribution < 1.29 is 4.79 Å². The summed E-state index contributed by atoms with van der Waals surface area (Å²) in [7, 11) is 0. The number of rotatable bonds is 3. The average molecular weight is 390 g/mol. The second-order valence-corrected chi connectivity index (χ2v) is 7.09. The van der Waals surface area contributed by atoms with Gasteiger partial charge in [0.2, 0.25) is 5.13 Å². The molecule has 1 N–H and O–H groups in total. The highest BCUT2D eigenvalue weighted by Gasteiger charge is 2.23. The summed E-state index contributed by atoms with van der Waals surface area (Å²) in [6.45, 7) is 2.61. The molecule has 0 spiro atoms. The predicted molar refractivity (Wildman–Crippen MR) is 109 cm³/mol. The smallest absolute Gasteiger partial charge is 0.321 e. The number of piperazine rings is 1. The first-order valence-electron chi connectivity index (χ1n) is 8.93. The van der Waals surface area contributed by atoms with Crippen molar-refractivity contribution in [1.29, 1.82) is 5.26 Å². The predicted octanol–water partition coefficient (Wildman–Crippen LogP) is 3.43. The van der Waals surface area contributed by atoms with E-state index in [0.717, 1.165) is 16.5 Å². The second kappa shape index (κ2) is 8.06. The van der Waals surface area contributed by atoms with Crippen LogP contribution < -0.4 is 10.2 Å². The third kappa shape index (κ3) is 3.94. The van der Waals surface area contributed by atoms with Crippen LogP contribution in [0.5, 0.6) is 0 Å². The molecule has 0 aliphatic carbocycles. The number of amides is 2. The van der Waals surface area contributed by atoms with Gasteiger partial charge in [-0.05, 0) is 18.2 Å². The lowest BCUT2D eigenvalue weighted by atomic mass is 10.2. The van der Waals surface area contributed by atoms with Crippen LogP contribution in [-0.4, -0.2) is 46.5 Å². The molecule has 1 aromatic heterocycles. The van der Waals surface area contributed by atoms with E-state index in [1.54, 1.807) is 29.2 Å². The first kappa shape index (κ1) is 17.9. The van der Waals surface area contributed by atoms with Crippen molar-refractivity contribution in [2.24, 2.45) is 0 Å². The molecule has 2 heterocycles. The van der Waals surface area contributed by atoms with E-state index < -0.39 is 0 Å². The molecule has 4 rings (SSSR count). The minimum absolute atomic E-state index is 0.156. The lowest BCUT2D eigenvalue weighted by Gasteiger charge is -2.34. The summed E-state index contributed by atoms with van der Waals surface area (Å²) in [5.74, 6) is 0.734. The molecule has 0 atom stereocenters. The first-order valence-corrected chi connectivity index (χ1v) is 9.70. The Kier molecular flexibility index (Phi) is 5.17. The summed E-state index contributed by atoms with van der Waals surface area (Å²) in [4.78, 5) is 21.1. The SMILES string of the molecule is N#Cc1cccc(NC(=O)N2CCN(c3nc(-c4ccccc4)ns3)CC2)c1. The van der Waals surface area contributed by atoms with Crippen LogP contribution in [0.3, 0.4) is 0 Å². The molecule has 2 aromatic carbocycles. The van der Waals surface area contributed by atoms with Gasteiger partial charge in [0.1, 0.15) is 0 Å². The van der Waals surface area contributed by atoms with Crippen LogP contribution in [0.4, 0.5) is 15.6 Å². The number of carbonyl (C=O) groups excluding carboxylic acids is 1. The third-order valence-corrected chi connectivity index (χ3v) is 5.30. The fourth-order valence-corrected chi connectivity index (χ4v) is 3.76. The lowest BCUT2D eigenvalue weighted by molar-refractivity contribution is 0.208. The molecule has 28 heavy (non-hydrogen) atoms. The molecule has 140 valence electrons. The van der Waals surface area contributed by atoms with Gasteiger partial charge in [-0.15, -0.1) is 0 Å². The highest BCUT2D eigenvalue weighted by atomic mass is 32.1. The largest absolute Gasteiger partial charge is 0.343 e. The molecule has 0 saturated carbocycles. The molecule has 1 aliphatic heterocycles. The first-order chi connectivity index (χ1) is 13.7. The maximum absolute atomic E-state index is 12.5. The van der Waals surface area contributed by atoms with Gasteiger partial charge in [-0.2, -0.15) is 14.6 Å². The van der Waals surface area contributed by atoms with E-state index in [9.17, 15) is 4.79 Å². The summed E-state index contributed by atoms with van der Waals surface area (Å²) in [5.41, 5.74) is 2.15. The van der Waals surface area contributed by atoms with Crippen LogP contribution in [0.25, 0.3) is 11.4 Å². The van der Waals surface area contributed by atoms with Crippen LogP contribution in [-0.2, 0) is 0 Å². The van der Waals surface area contributed by atoms with Gasteiger partial charge >= 0.3 is 6.03 Å². The summed E-state index contributed by atoms with van der Waals surface area (Å²) >= 11 is 1.38. The van der Waals surface area contributed by atoms with Crippen LogP contribution in [0.1, 0.15) is 5.56 Å². The van der Waals surface area contributed by atoms with Crippen molar-refractivity contribution in [2.45, 2.75) is 0 Å². The Morgan fingerprint density at radius 1 is 1.07 bits per heavy atom. The second-order valence-electron chi connectivity index (χ2n) is 6.36. The standard InChI is InChI=1S/C20H18N6OS/c21-14-15-5-4-8-17(13-15)22-19(27)25-9-11-26(12-10-25)20-23-18(24-28-20)16-6-2-1-3-7-16/h1-8,13H,9-12H2,(H,22,27). The van der Waals surface area contributed by atoms with Crippen molar-refractivity contribution >= 4 is 28.4 Å². The number of carbonyl (C=O) groups is 1. The van der Waals surface area contributed by atoms with E-state index in [1.165, 1.54) is 11.5 Å². The summed E-state index contributed by atoms with van der Waals surface area (Å²) in [6, 6.07) is 18.7. The number of aromatic nitrogens is 2. The van der Waals surface area contributed by atoms with Crippen LogP contribution in [0.2, 0.25) is 0 Å². The van der Waals surface area contributed by atoms with Gasteiger partial charge in [0, 0.05) is 49.0 Å². The van der Waals surface area contributed by atoms with Crippen molar-refractivity contribution in [3.05, 3.63) is 60.2 Å². The van der Waals surface area contributed by atoms with Crippen LogP contribution >= 0.6 is 11.5 Å². The number of anilines is 2. The van der Waals surface area contributed by atoms with Gasteiger partial charge < -0.3 is 15.1 Å². The van der Waals surface area contributed by atoms with Gasteiger partial charge in [0.05, 0.1) is 11.6 Å². The van der Waals surface area contributed by atoms with Gasteiger partial charge in [0.15, 0.2) is 5.82 Å². The molecular formula is C20H18N6OS. The Balaban J connectivity index is 1.35. The zero-order valence-corrected chi connectivity index (χ0v) is 15.9. The summed E-state index contributed by atoms with van der Waals surface area (Å²) < 4.78 is 4.46. The quantitative estimate of drug-likeness (QED) is 0.741. The minimum Gasteiger partial charge on any atom is -0.343 e. The Morgan fingerprint density at radius 3 is 2.61 bits per heavy atom. The number of urea groups is 1. The van der Waals surface area contributed by atoms with E-state index in [4.69, 9.17) is 5.26 Å². The maximum atomic E-state index is 12.5. The molecule has 0 radical (unpaired) electrons. The normalized spacial score (nSPS) is 13.8. The monoisotopic (exact) mass is 390 g/mol. The van der Waals surface area contributed by atoms with E-state index in [1.807, 2.05) is 30.3 Å². The molecule has 1 aliphatic rings. The zero-order valence-electron chi connectivity index (χ0n) is 15.1. The minimum atomic E-state index is -0.156. The van der Waals surface area contributed by atoms with Crippen molar-refractivity contribution in [1.82, 2.24) is 14.3 Å². The molecule has 0 bridgehead atoms. The highest BCUT2D eigenvalue weighted by Crippen LogP contribution is 2.24. The third-order valence-electron chi connectivity index (χ3n) is 4.53. The number of nitrogens with zero attached hydrogens (tertiary/aromatic N) is 5. The number of nitrogens with one attached hydrogen (secondary N) is 1. The Morgan fingerprint density at radius 2 is 1.86 bits per heavy atom. The number of hydrogen-bond acceptors (Lipinski definition) is 6. The Labute approximate surface area is 167 Å². The molecular weight excluding hydrogens is 372 g/mol. The van der Waals surface area contributed by atoms with E-state index in [2.05, 4.69) is 25.6 Å². The average Bonchev–Trinajstić information content (AvgIpc) is 3.25. The highest BCUT2D eigenvalue weighted by molar-refractivity contribution is 7.09. The zero-order chi connectivity index (χ0) is 19.3. The fourth-order valence-electron chi connectivity index (χ4n) is 3.02. The summed E-state index contributed by atoms with van der Waals surface area (Å²) in [5, 5.41) is 12.7. The molecule has 2 amide bonds. The van der Waals surface area contributed by atoms with E-state index >= 15 is 0 Å². The number of nitriles is 1. The van der Waals surface area contributed by atoms with E-state index in [0.29, 0.717) is 37.4 Å².